The van der Waals surface area contributed by atoms with Crippen LogP contribution < -0.4 is 5.32 Å². The van der Waals surface area contributed by atoms with Gasteiger partial charge in [0.05, 0.1) is 11.4 Å². The lowest BCUT2D eigenvalue weighted by atomic mass is 10.3. The number of hydrogen-bond donors (Lipinski definition) is 2. The lowest BCUT2D eigenvalue weighted by molar-refractivity contribution is 0.756. The Bertz CT molecular complexity index is 274. The highest BCUT2D eigenvalue weighted by molar-refractivity contribution is 7.79. The van der Waals surface area contributed by atoms with Crippen LogP contribution in [0.4, 0.5) is 0 Å². The molecular weight excluding hydrogens is 158 g/mol. The van der Waals surface area contributed by atoms with E-state index in [1.54, 1.807) is 0 Å². The zero-order valence-electron chi connectivity index (χ0n) is 6.04. The summed E-state index contributed by atoms with van der Waals surface area (Å²) < 4.78 is 0. The first-order valence-corrected chi connectivity index (χ1v) is 4.18. The van der Waals surface area contributed by atoms with Crippen LogP contribution in [0.2, 0.25) is 0 Å². The first kappa shape index (κ1) is 7.06. The van der Waals surface area contributed by atoms with E-state index < -0.39 is 0 Å². The molecule has 11 heavy (non-hydrogen) atoms. The molecule has 0 unspecified atom stereocenters. The molecule has 4 heteroatoms. The number of rotatable bonds is 1. The summed E-state index contributed by atoms with van der Waals surface area (Å²) in [5.41, 5.74) is 2.35. The van der Waals surface area contributed by atoms with Crippen LogP contribution in [0.3, 0.4) is 0 Å². The van der Waals surface area contributed by atoms with Crippen LogP contribution in [0.25, 0.3) is 0 Å². The third-order valence-corrected chi connectivity index (χ3v) is 2.04. The normalized spacial score (nSPS) is 15.0. The fourth-order valence-electron chi connectivity index (χ4n) is 1.18. The maximum atomic E-state index is 4.32. The van der Waals surface area contributed by atoms with Crippen LogP contribution in [-0.4, -0.2) is 9.97 Å². The van der Waals surface area contributed by atoms with Gasteiger partial charge in [0.2, 0.25) is 0 Å². The van der Waals surface area contributed by atoms with E-state index in [2.05, 4.69) is 27.9 Å². The number of fused-ring (bicyclic) bond motifs is 1. The molecule has 58 valence electrons. The molecule has 0 aliphatic carbocycles. The smallest absolute Gasteiger partial charge is 0.138 e. The van der Waals surface area contributed by atoms with E-state index >= 15 is 0 Å². The van der Waals surface area contributed by atoms with Gasteiger partial charge in [-0.15, -0.1) is 0 Å². The van der Waals surface area contributed by atoms with Crippen LogP contribution in [0, 0.1) is 0 Å². The van der Waals surface area contributed by atoms with E-state index in [4.69, 9.17) is 0 Å². The lowest BCUT2D eigenvalue weighted by Gasteiger charge is -1.97. The monoisotopic (exact) mass is 167 g/mol. The van der Waals surface area contributed by atoms with Gasteiger partial charge in [0.15, 0.2) is 0 Å². The maximum absolute atomic E-state index is 4.32. The molecule has 0 saturated carbocycles. The summed E-state index contributed by atoms with van der Waals surface area (Å²) >= 11 is 4.11. The van der Waals surface area contributed by atoms with Gasteiger partial charge in [-0.05, 0) is 0 Å². The van der Waals surface area contributed by atoms with E-state index in [0.29, 0.717) is 5.75 Å². The number of thiol groups is 1. The van der Waals surface area contributed by atoms with Crippen molar-refractivity contribution in [2.45, 2.75) is 18.8 Å². The van der Waals surface area contributed by atoms with Crippen molar-refractivity contribution in [3.8, 4) is 0 Å². The minimum Gasteiger partial charge on any atom is -0.307 e. The molecule has 0 atom stereocenters. The van der Waals surface area contributed by atoms with Gasteiger partial charge in [-0.3, -0.25) is 0 Å². The predicted molar refractivity (Wildman–Crippen MR) is 45.3 cm³/mol. The Kier molecular flexibility index (Phi) is 1.79. The molecule has 2 heterocycles. The van der Waals surface area contributed by atoms with Crippen LogP contribution >= 0.6 is 12.6 Å². The SMILES string of the molecule is SCc1ncc2c(n1)CNC2. The summed E-state index contributed by atoms with van der Waals surface area (Å²) in [5, 5.41) is 3.21. The van der Waals surface area contributed by atoms with Gasteiger partial charge in [0.25, 0.3) is 0 Å². The molecule has 1 aromatic rings. The van der Waals surface area contributed by atoms with Crippen molar-refractivity contribution in [3.63, 3.8) is 0 Å². The second-order valence-electron chi connectivity index (χ2n) is 2.52. The van der Waals surface area contributed by atoms with Crippen molar-refractivity contribution in [3.05, 3.63) is 23.3 Å². The Hall–Kier alpha value is -0.610. The zero-order valence-corrected chi connectivity index (χ0v) is 6.93. The highest BCUT2D eigenvalue weighted by Crippen LogP contribution is 2.11. The van der Waals surface area contributed by atoms with Crippen LogP contribution in [0.5, 0.6) is 0 Å². The van der Waals surface area contributed by atoms with E-state index in [-0.39, 0.29) is 0 Å². The second kappa shape index (κ2) is 2.79. The molecule has 0 amide bonds. The molecule has 1 aliphatic heterocycles. The molecule has 1 aromatic heterocycles. The molecular formula is C7H9N3S. The van der Waals surface area contributed by atoms with Crippen molar-refractivity contribution >= 4 is 12.6 Å². The quantitative estimate of drug-likeness (QED) is 0.598. The molecule has 1 aliphatic rings. The molecule has 0 aromatic carbocycles. The lowest BCUT2D eigenvalue weighted by Crippen LogP contribution is -2.00. The average Bonchev–Trinajstić information content (AvgIpc) is 2.50. The second-order valence-corrected chi connectivity index (χ2v) is 2.84. The first-order chi connectivity index (χ1) is 5.40. The summed E-state index contributed by atoms with van der Waals surface area (Å²) in [6, 6.07) is 0. The number of aromatic nitrogens is 2. The van der Waals surface area contributed by atoms with Gasteiger partial charge in [0.1, 0.15) is 5.82 Å². The summed E-state index contributed by atoms with van der Waals surface area (Å²) in [7, 11) is 0. The van der Waals surface area contributed by atoms with E-state index in [9.17, 15) is 0 Å². The fourth-order valence-corrected chi connectivity index (χ4v) is 1.33. The Morgan fingerprint density at radius 2 is 2.45 bits per heavy atom. The Morgan fingerprint density at radius 1 is 1.55 bits per heavy atom. The topological polar surface area (TPSA) is 37.8 Å². The zero-order chi connectivity index (χ0) is 7.68. The summed E-state index contributed by atoms with van der Waals surface area (Å²) in [5.74, 6) is 1.43. The van der Waals surface area contributed by atoms with Crippen LogP contribution in [0.1, 0.15) is 17.1 Å². The summed E-state index contributed by atoms with van der Waals surface area (Å²) in [6.07, 6.45) is 1.88. The number of hydrogen-bond acceptors (Lipinski definition) is 4. The van der Waals surface area contributed by atoms with E-state index in [1.807, 2.05) is 6.20 Å². The van der Waals surface area contributed by atoms with E-state index in [1.165, 1.54) is 5.56 Å². The fraction of sp³-hybridized carbons (Fsp3) is 0.429. The van der Waals surface area contributed by atoms with Gasteiger partial charge < -0.3 is 5.32 Å². The molecule has 0 radical (unpaired) electrons. The van der Waals surface area contributed by atoms with E-state index in [0.717, 1.165) is 24.6 Å². The van der Waals surface area contributed by atoms with Gasteiger partial charge >= 0.3 is 0 Å². The Morgan fingerprint density at radius 3 is 3.27 bits per heavy atom. The molecule has 3 nitrogen and oxygen atoms in total. The van der Waals surface area contributed by atoms with Crippen molar-refractivity contribution in [1.29, 1.82) is 0 Å². The predicted octanol–water partition coefficient (Wildman–Crippen LogP) is 0.510. The highest BCUT2D eigenvalue weighted by atomic mass is 32.1. The Balaban J connectivity index is 2.41. The molecule has 0 saturated heterocycles. The first-order valence-electron chi connectivity index (χ1n) is 3.55. The van der Waals surface area contributed by atoms with Gasteiger partial charge in [0, 0.05) is 24.8 Å². The highest BCUT2D eigenvalue weighted by Gasteiger charge is 2.11. The molecule has 2 rings (SSSR count). The molecule has 0 spiro atoms. The third kappa shape index (κ3) is 1.23. The molecule has 0 bridgehead atoms. The minimum absolute atomic E-state index is 0.618. The summed E-state index contributed by atoms with van der Waals surface area (Å²) in [6.45, 7) is 1.78. The maximum Gasteiger partial charge on any atom is 0.138 e. The third-order valence-electron chi connectivity index (χ3n) is 1.75. The van der Waals surface area contributed by atoms with Crippen molar-refractivity contribution in [2.24, 2.45) is 0 Å². The van der Waals surface area contributed by atoms with Gasteiger partial charge in [-0.1, -0.05) is 0 Å². The standard InChI is InChI=1S/C7H9N3S/c11-4-7-9-2-5-1-8-3-6(5)10-7/h2,8,11H,1,3-4H2. The van der Waals surface area contributed by atoms with Crippen molar-refractivity contribution in [2.75, 3.05) is 0 Å². The summed E-state index contributed by atoms with van der Waals surface area (Å²) in [4.78, 5) is 8.46. The minimum atomic E-state index is 0.618. The molecule has 0 fully saturated rings. The Labute approximate surface area is 70.7 Å². The van der Waals surface area contributed by atoms with Crippen LogP contribution in [-0.2, 0) is 18.8 Å². The molecule has 1 N–H and O–H groups in total. The van der Waals surface area contributed by atoms with Crippen LogP contribution in [0.15, 0.2) is 6.20 Å². The number of nitrogens with zero attached hydrogens (tertiary/aromatic N) is 2. The number of nitrogens with one attached hydrogen (secondary N) is 1. The van der Waals surface area contributed by atoms with Crippen molar-refractivity contribution < 1.29 is 0 Å². The van der Waals surface area contributed by atoms with Gasteiger partial charge in [-0.25, -0.2) is 9.97 Å². The van der Waals surface area contributed by atoms with Gasteiger partial charge in [-0.2, -0.15) is 12.6 Å². The average molecular weight is 167 g/mol. The van der Waals surface area contributed by atoms with Crippen molar-refractivity contribution in [1.82, 2.24) is 15.3 Å². The largest absolute Gasteiger partial charge is 0.307 e.